The van der Waals surface area contributed by atoms with E-state index in [9.17, 15) is 15.0 Å². The van der Waals surface area contributed by atoms with Gasteiger partial charge in [0, 0.05) is 18.9 Å². The topological polar surface area (TPSA) is 87.0 Å². The molecule has 2 rings (SSSR count). The third kappa shape index (κ3) is 7.10. The first-order chi connectivity index (χ1) is 13.0. The number of aliphatic hydroxyl groups excluding tert-OH is 2. The molecule has 0 amide bonds. The van der Waals surface area contributed by atoms with Crippen molar-refractivity contribution in [2.75, 3.05) is 0 Å². The van der Waals surface area contributed by atoms with E-state index in [1.165, 1.54) is 0 Å². The summed E-state index contributed by atoms with van der Waals surface area (Å²) >= 11 is 0. The van der Waals surface area contributed by atoms with Crippen LogP contribution < -0.4 is 4.74 Å². The molecule has 1 aromatic carbocycles. The van der Waals surface area contributed by atoms with E-state index in [4.69, 9.17) is 9.84 Å². The first kappa shape index (κ1) is 21.0. The van der Waals surface area contributed by atoms with Crippen molar-refractivity contribution in [3.63, 3.8) is 0 Å². The van der Waals surface area contributed by atoms with Crippen molar-refractivity contribution in [3.8, 4) is 5.75 Å². The summed E-state index contributed by atoms with van der Waals surface area (Å²) in [5.74, 6) is 0.641. The summed E-state index contributed by atoms with van der Waals surface area (Å²) in [6.07, 6.45) is 7.62. The molecule has 0 saturated heterocycles. The number of carbonyl (C=O) groups is 1. The Morgan fingerprint density at radius 3 is 2.70 bits per heavy atom. The van der Waals surface area contributed by atoms with Crippen LogP contribution in [0.2, 0.25) is 0 Å². The minimum atomic E-state index is -0.844. The summed E-state index contributed by atoms with van der Waals surface area (Å²) < 4.78 is 5.93. The van der Waals surface area contributed by atoms with Gasteiger partial charge in [0.05, 0.1) is 6.10 Å². The fourth-order valence-corrected chi connectivity index (χ4v) is 3.20. The molecule has 0 heterocycles. The second-order valence-corrected chi connectivity index (χ2v) is 7.07. The largest absolute Gasteiger partial charge is 0.508 e. The number of carboxylic acids is 1. The maximum atomic E-state index is 10.8. The SMILES string of the molecule is CCCCC[C@H](O)CCC1=C(O)C=C(Oc2ccccc2CCC(=O)O)C1. The van der Waals surface area contributed by atoms with E-state index >= 15 is 0 Å². The summed E-state index contributed by atoms with van der Waals surface area (Å²) in [5, 5.41) is 29.1. The van der Waals surface area contributed by atoms with Gasteiger partial charge >= 0.3 is 5.97 Å². The monoisotopic (exact) mass is 374 g/mol. The number of carboxylic acid groups (broad SMARTS) is 1. The lowest BCUT2D eigenvalue weighted by molar-refractivity contribution is -0.136. The minimum absolute atomic E-state index is 0.0457. The average molecular weight is 374 g/mol. The Bertz CT molecular complexity index is 690. The number of allylic oxidation sites excluding steroid dienone is 2. The van der Waals surface area contributed by atoms with Crippen LogP contribution in [-0.2, 0) is 11.2 Å². The number of aliphatic carboxylic acids is 1. The molecule has 0 aromatic heterocycles. The van der Waals surface area contributed by atoms with Crippen molar-refractivity contribution in [2.24, 2.45) is 0 Å². The smallest absolute Gasteiger partial charge is 0.303 e. The van der Waals surface area contributed by atoms with Gasteiger partial charge in [0.15, 0.2) is 0 Å². The quantitative estimate of drug-likeness (QED) is 0.453. The molecule has 5 heteroatoms. The van der Waals surface area contributed by atoms with Crippen LogP contribution in [0.1, 0.15) is 63.9 Å². The number of aliphatic hydroxyl groups is 2. The first-order valence-corrected chi connectivity index (χ1v) is 9.76. The first-order valence-electron chi connectivity index (χ1n) is 9.76. The molecule has 0 saturated carbocycles. The Morgan fingerprint density at radius 2 is 1.96 bits per heavy atom. The number of rotatable bonds is 12. The molecule has 0 spiro atoms. The Hall–Kier alpha value is -2.27. The van der Waals surface area contributed by atoms with Crippen LogP contribution in [0.25, 0.3) is 0 Å². The van der Waals surface area contributed by atoms with Crippen molar-refractivity contribution in [1.29, 1.82) is 0 Å². The lowest BCUT2D eigenvalue weighted by Gasteiger charge is -2.13. The highest BCUT2D eigenvalue weighted by atomic mass is 16.5. The van der Waals surface area contributed by atoms with Gasteiger partial charge in [-0.25, -0.2) is 0 Å². The lowest BCUT2D eigenvalue weighted by atomic mass is 10.0. The van der Waals surface area contributed by atoms with Gasteiger partial charge in [-0.3, -0.25) is 4.79 Å². The van der Waals surface area contributed by atoms with Crippen LogP contribution >= 0.6 is 0 Å². The highest BCUT2D eigenvalue weighted by molar-refractivity contribution is 5.67. The average Bonchev–Trinajstić information content (AvgIpc) is 2.98. The van der Waals surface area contributed by atoms with Crippen LogP contribution in [0.15, 0.2) is 47.4 Å². The number of hydrogen-bond donors (Lipinski definition) is 3. The van der Waals surface area contributed by atoms with Crippen molar-refractivity contribution >= 4 is 5.97 Å². The van der Waals surface area contributed by atoms with Gasteiger partial charge in [0.25, 0.3) is 0 Å². The van der Waals surface area contributed by atoms with E-state index in [2.05, 4.69) is 6.92 Å². The zero-order valence-electron chi connectivity index (χ0n) is 16.0. The predicted octanol–water partition coefficient (Wildman–Crippen LogP) is 4.90. The van der Waals surface area contributed by atoms with Crippen LogP contribution in [0.5, 0.6) is 5.75 Å². The molecule has 0 fully saturated rings. The molecule has 0 aliphatic heterocycles. The Morgan fingerprint density at radius 1 is 1.19 bits per heavy atom. The molecule has 1 aliphatic carbocycles. The van der Waals surface area contributed by atoms with Gasteiger partial charge in [0.2, 0.25) is 0 Å². The second kappa shape index (κ2) is 10.8. The summed E-state index contributed by atoms with van der Waals surface area (Å²) in [6.45, 7) is 2.14. The second-order valence-electron chi connectivity index (χ2n) is 7.07. The van der Waals surface area contributed by atoms with Crippen LogP contribution in [0.4, 0.5) is 0 Å². The van der Waals surface area contributed by atoms with E-state index in [1.807, 2.05) is 24.3 Å². The molecule has 1 aliphatic rings. The number of ether oxygens (including phenoxy) is 1. The van der Waals surface area contributed by atoms with Gasteiger partial charge in [-0.2, -0.15) is 0 Å². The molecular formula is C22H30O5. The fraction of sp³-hybridized carbons (Fsp3) is 0.500. The minimum Gasteiger partial charge on any atom is -0.508 e. The number of unbranched alkanes of at least 4 members (excludes halogenated alkanes) is 2. The third-order valence-electron chi connectivity index (χ3n) is 4.79. The maximum absolute atomic E-state index is 10.8. The molecular weight excluding hydrogens is 344 g/mol. The fourth-order valence-electron chi connectivity index (χ4n) is 3.20. The van der Waals surface area contributed by atoms with Gasteiger partial charge in [-0.15, -0.1) is 0 Å². The van der Waals surface area contributed by atoms with Gasteiger partial charge in [-0.1, -0.05) is 44.4 Å². The molecule has 1 atom stereocenters. The molecule has 5 nitrogen and oxygen atoms in total. The molecule has 1 aromatic rings. The van der Waals surface area contributed by atoms with Gasteiger partial charge in [-0.05, 0) is 42.9 Å². The Balaban J connectivity index is 1.85. The molecule has 3 N–H and O–H groups in total. The van der Waals surface area contributed by atoms with Crippen molar-refractivity contribution in [1.82, 2.24) is 0 Å². The van der Waals surface area contributed by atoms with E-state index in [0.717, 1.165) is 36.8 Å². The lowest BCUT2D eigenvalue weighted by Crippen LogP contribution is -2.07. The van der Waals surface area contributed by atoms with Gasteiger partial charge < -0.3 is 20.1 Å². The maximum Gasteiger partial charge on any atom is 0.303 e. The molecule has 0 unspecified atom stereocenters. The highest BCUT2D eigenvalue weighted by Gasteiger charge is 2.19. The van der Waals surface area contributed by atoms with E-state index in [-0.39, 0.29) is 18.3 Å². The van der Waals surface area contributed by atoms with E-state index in [1.54, 1.807) is 6.08 Å². The van der Waals surface area contributed by atoms with Gasteiger partial charge in [0.1, 0.15) is 17.3 Å². The summed E-state index contributed by atoms with van der Waals surface area (Å²) in [6, 6.07) is 7.36. The number of benzene rings is 1. The number of para-hydroxylation sites is 1. The summed E-state index contributed by atoms with van der Waals surface area (Å²) in [7, 11) is 0. The number of aryl methyl sites for hydroxylation is 1. The highest BCUT2D eigenvalue weighted by Crippen LogP contribution is 2.31. The Kier molecular flexibility index (Phi) is 8.40. The third-order valence-corrected chi connectivity index (χ3v) is 4.79. The number of hydrogen-bond acceptors (Lipinski definition) is 4. The molecule has 27 heavy (non-hydrogen) atoms. The van der Waals surface area contributed by atoms with Crippen molar-refractivity contribution < 1.29 is 24.9 Å². The van der Waals surface area contributed by atoms with Crippen molar-refractivity contribution in [3.05, 3.63) is 53.0 Å². The van der Waals surface area contributed by atoms with Crippen LogP contribution in [0.3, 0.4) is 0 Å². The van der Waals surface area contributed by atoms with E-state index < -0.39 is 5.97 Å². The van der Waals surface area contributed by atoms with Crippen molar-refractivity contribution in [2.45, 2.75) is 70.8 Å². The predicted molar refractivity (Wildman–Crippen MR) is 105 cm³/mol. The molecule has 0 bridgehead atoms. The Labute approximate surface area is 161 Å². The normalized spacial score (nSPS) is 15.0. The molecule has 0 radical (unpaired) electrons. The van der Waals surface area contributed by atoms with Crippen LogP contribution in [-0.4, -0.2) is 27.4 Å². The zero-order chi connectivity index (χ0) is 19.6. The van der Waals surface area contributed by atoms with Crippen LogP contribution in [0, 0.1) is 0 Å². The van der Waals surface area contributed by atoms with E-state index in [0.29, 0.717) is 37.2 Å². The molecule has 148 valence electrons. The summed E-state index contributed by atoms with van der Waals surface area (Å²) in [4.78, 5) is 10.8. The standard InChI is InChI=1S/C22H30O5/c1-2-3-4-8-18(23)12-10-17-14-19(15-20(17)24)27-21-9-6-5-7-16(21)11-13-22(25)26/h5-7,9,15,18,23-24H,2-4,8,10-14H2,1H3,(H,25,26)/t18-/m0/s1. The summed E-state index contributed by atoms with van der Waals surface area (Å²) in [5.41, 5.74) is 1.71. The zero-order valence-corrected chi connectivity index (χ0v) is 16.0.